The molecule has 0 aliphatic carbocycles. The molecule has 1 aromatic carbocycles. The highest BCUT2D eigenvalue weighted by Gasteiger charge is 2.32. The van der Waals surface area contributed by atoms with E-state index in [0.717, 1.165) is 37.3 Å². The summed E-state index contributed by atoms with van der Waals surface area (Å²) in [6.45, 7) is 7.81. The second-order valence-corrected chi connectivity index (χ2v) is 9.51. The molecule has 0 radical (unpaired) electrons. The molecule has 0 N–H and O–H groups in total. The Morgan fingerprint density at radius 2 is 1.77 bits per heavy atom. The molecule has 2 aliphatic heterocycles. The van der Waals surface area contributed by atoms with E-state index in [1.165, 1.54) is 0 Å². The van der Waals surface area contributed by atoms with Crippen LogP contribution < -0.4 is 0 Å². The van der Waals surface area contributed by atoms with Gasteiger partial charge in [-0.1, -0.05) is 11.6 Å². The van der Waals surface area contributed by atoms with E-state index in [9.17, 15) is 4.79 Å². The third-order valence-corrected chi connectivity index (χ3v) is 6.88. The molecule has 0 bridgehead atoms. The summed E-state index contributed by atoms with van der Waals surface area (Å²) in [6, 6.07) is 7.62. The van der Waals surface area contributed by atoms with Gasteiger partial charge in [0, 0.05) is 49.7 Å². The Labute approximate surface area is 193 Å². The molecular formula is C22H30ClN5O2S. The number of carbonyl (C=O) groups is 1. The molecule has 1 aromatic heterocycles. The fourth-order valence-corrected chi connectivity index (χ4v) is 4.87. The molecule has 9 heteroatoms. The number of piperidine rings is 1. The average Bonchev–Trinajstić information content (AvgIpc) is 3.02. The molecule has 31 heavy (non-hydrogen) atoms. The summed E-state index contributed by atoms with van der Waals surface area (Å²) in [5, 5.41) is 5.45. The van der Waals surface area contributed by atoms with Gasteiger partial charge in [0.1, 0.15) is 0 Å². The number of morpholine rings is 1. The fourth-order valence-electron chi connectivity index (χ4n) is 4.56. The van der Waals surface area contributed by atoms with Gasteiger partial charge in [0.2, 0.25) is 5.91 Å². The van der Waals surface area contributed by atoms with E-state index >= 15 is 0 Å². The third-order valence-electron chi connectivity index (χ3n) is 6.15. The van der Waals surface area contributed by atoms with Crippen LogP contribution in [0, 0.1) is 10.7 Å². The minimum Gasteiger partial charge on any atom is -0.372 e. The average molecular weight is 464 g/mol. The Bertz CT molecular complexity index is 971. The number of amides is 1. The van der Waals surface area contributed by atoms with Gasteiger partial charge in [-0.05, 0) is 63.2 Å². The van der Waals surface area contributed by atoms with E-state index in [1.54, 1.807) is 0 Å². The number of carbonyl (C=O) groups excluding carboxylic acids is 1. The normalized spacial score (nSPS) is 23.3. The number of rotatable bonds is 4. The molecule has 3 heterocycles. The van der Waals surface area contributed by atoms with Crippen LogP contribution in [-0.4, -0.2) is 68.4 Å². The van der Waals surface area contributed by atoms with Gasteiger partial charge in [-0.25, -0.2) is 4.68 Å². The molecule has 0 spiro atoms. The summed E-state index contributed by atoms with van der Waals surface area (Å²) in [7, 11) is 1.94. The van der Waals surface area contributed by atoms with E-state index in [4.69, 9.17) is 33.7 Å². The van der Waals surface area contributed by atoms with Crippen molar-refractivity contribution in [2.75, 3.05) is 26.2 Å². The van der Waals surface area contributed by atoms with Gasteiger partial charge in [-0.15, -0.1) is 0 Å². The monoisotopic (exact) mass is 463 g/mol. The topological polar surface area (TPSA) is 55.5 Å². The maximum absolute atomic E-state index is 13.0. The highest BCUT2D eigenvalue weighted by atomic mass is 35.5. The first-order chi connectivity index (χ1) is 14.8. The van der Waals surface area contributed by atoms with Crippen molar-refractivity contribution >= 4 is 29.7 Å². The SMILES string of the molecule is CC1CN(C(=O)C2CCN(Cn3nc(-c4ccc(Cl)cc4)n(C)c3=S)CC2)CC(C)O1. The minimum absolute atomic E-state index is 0.0927. The molecule has 7 nitrogen and oxygen atoms in total. The Morgan fingerprint density at radius 1 is 1.16 bits per heavy atom. The van der Waals surface area contributed by atoms with Crippen molar-refractivity contribution in [1.29, 1.82) is 0 Å². The van der Waals surface area contributed by atoms with Crippen LogP contribution in [0.1, 0.15) is 26.7 Å². The number of benzene rings is 1. The molecule has 2 aromatic rings. The molecular weight excluding hydrogens is 434 g/mol. The van der Waals surface area contributed by atoms with E-state index in [1.807, 2.05) is 59.3 Å². The maximum atomic E-state index is 13.0. The first-order valence-electron chi connectivity index (χ1n) is 10.9. The molecule has 168 valence electrons. The Morgan fingerprint density at radius 3 is 2.39 bits per heavy atom. The quantitative estimate of drug-likeness (QED) is 0.649. The highest BCUT2D eigenvalue weighted by Crippen LogP contribution is 2.24. The van der Waals surface area contributed by atoms with Crippen LogP contribution in [0.5, 0.6) is 0 Å². The van der Waals surface area contributed by atoms with Crippen molar-refractivity contribution in [2.45, 2.75) is 45.6 Å². The predicted octanol–water partition coefficient (Wildman–Crippen LogP) is 3.58. The van der Waals surface area contributed by atoms with Gasteiger partial charge in [0.05, 0.1) is 18.9 Å². The number of hydrogen-bond acceptors (Lipinski definition) is 5. The molecule has 1 amide bonds. The zero-order valence-corrected chi connectivity index (χ0v) is 19.9. The van der Waals surface area contributed by atoms with E-state index < -0.39 is 0 Å². The lowest BCUT2D eigenvalue weighted by Crippen LogP contribution is -2.51. The number of aromatic nitrogens is 3. The van der Waals surface area contributed by atoms with Crippen LogP contribution in [0.4, 0.5) is 0 Å². The zero-order valence-electron chi connectivity index (χ0n) is 18.3. The van der Waals surface area contributed by atoms with E-state index in [0.29, 0.717) is 29.6 Å². The van der Waals surface area contributed by atoms with Crippen molar-refractivity contribution in [3.63, 3.8) is 0 Å². The van der Waals surface area contributed by atoms with E-state index in [2.05, 4.69) is 4.90 Å². The summed E-state index contributed by atoms with van der Waals surface area (Å²) in [5.74, 6) is 1.19. The number of hydrogen-bond donors (Lipinski definition) is 0. The summed E-state index contributed by atoms with van der Waals surface area (Å²) in [4.78, 5) is 17.3. The lowest BCUT2D eigenvalue weighted by atomic mass is 9.95. The van der Waals surface area contributed by atoms with Crippen molar-refractivity contribution < 1.29 is 9.53 Å². The third kappa shape index (κ3) is 5.03. The van der Waals surface area contributed by atoms with Crippen LogP contribution >= 0.6 is 23.8 Å². The lowest BCUT2D eigenvalue weighted by Gasteiger charge is -2.39. The largest absolute Gasteiger partial charge is 0.372 e. The molecule has 2 aliphatic rings. The molecule has 2 fully saturated rings. The highest BCUT2D eigenvalue weighted by molar-refractivity contribution is 7.71. The van der Waals surface area contributed by atoms with Gasteiger partial charge in [0.15, 0.2) is 10.6 Å². The second kappa shape index (κ2) is 9.40. The van der Waals surface area contributed by atoms with Crippen LogP contribution in [0.25, 0.3) is 11.4 Å². The molecule has 2 atom stereocenters. The smallest absolute Gasteiger partial charge is 0.225 e. The second-order valence-electron chi connectivity index (χ2n) is 8.71. The fraction of sp³-hybridized carbons (Fsp3) is 0.591. The number of halogens is 1. The summed E-state index contributed by atoms with van der Waals surface area (Å²) >= 11 is 11.6. The lowest BCUT2D eigenvalue weighted by molar-refractivity contribution is -0.149. The predicted molar refractivity (Wildman–Crippen MR) is 123 cm³/mol. The van der Waals surface area contributed by atoms with Crippen LogP contribution in [0.2, 0.25) is 5.02 Å². The zero-order chi connectivity index (χ0) is 22.1. The van der Waals surface area contributed by atoms with Crippen molar-refractivity contribution in [2.24, 2.45) is 13.0 Å². The molecule has 0 saturated carbocycles. The number of nitrogens with zero attached hydrogens (tertiary/aromatic N) is 5. The Balaban J connectivity index is 1.37. The molecule has 2 saturated heterocycles. The summed E-state index contributed by atoms with van der Waals surface area (Å²) in [6.07, 6.45) is 1.94. The van der Waals surface area contributed by atoms with Crippen molar-refractivity contribution in [3.05, 3.63) is 34.1 Å². The van der Waals surface area contributed by atoms with Crippen molar-refractivity contribution in [3.8, 4) is 11.4 Å². The number of ether oxygens (including phenoxy) is 1. The first-order valence-corrected chi connectivity index (χ1v) is 11.7. The van der Waals surface area contributed by atoms with Crippen LogP contribution in [-0.2, 0) is 23.2 Å². The standard InChI is InChI=1S/C22H30ClN5O2S/c1-15-12-27(13-16(2)30-15)21(29)18-8-10-26(11-9-18)14-28-22(31)25(3)20(24-28)17-4-6-19(23)7-5-17/h4-7,15-16,18H,8-14H2,1-3H3. The van der Waals surface area contributed by atoms with Gasteiger partial charge in [-0.3, -0.25) is 9.69 Å². The Hall–Kier alpha value is -1.74. The maximum Gasteiger partial charge on any atom is 0.225 e. The first kappa shape index (κ1) is 22.5. The van der Waals surface area contributed by atoms with Gasteiger partial charge in [-0.2, -0.15) is 5.10 Å². The summed E-state index contributed by atoms with van der Waals surface area (Å²) < 4.78 is 10.2. The van der Waals surface area contributed by atoms with Gasteiger partial charge >= 0.3 is 0 Å². The van der Waals surface area contributed by atoms with Crippen molar-refractivity contribution in [1.82, 2.24) is 24.1 Å². The van der Waals surface area contributed by atoms with Crippen LogP contribution in [0.15, 0.2) is 24.3 Å². The molecule has 4 rings (SSSR count). The summed E-state index contributed by atoms with van der Waals surface area (Å²) in [5.41, 5.74) is 0.982. The molecule has 2 unspecified atom stereocenters. The van der Waals surface area contributed by atoms with Gasteiger partial charge < -0.3 is 14.2 Å². The van der Waals surface area contributed by atoms with Crippen LogP contribution in [0.3, 0.4) is 0 Å². The number of likely N-dealkylation sites (tertiary alicyclic amines) is 1. The minimum atomic E-state index is 0.0927. The van der Waals surface area contributed by atoms with E-state index in [-0.39, 0.29) is 24.0 Å². The van der Waals surface area contributed by atoms with Gasteiger partial charge in [0.25, 0.3) is 0 Å². The Kier molecular flexibility index (Phi) is 6.81.